The molecule has 0 saturated heterocycles. The first kappa shape index (κ1) is 14.3. The number of tetrazole rings is 1. The summed E-state index contributed by atoms with van der Waals surface area (Å²) in [5.41, 5.74) is 0. The van der Waals surface area contributed by atoms with Crippen molar-refractivity contribution in [3.05, 3.63) is 0 Å². The highest BCUT2D eigenvalue weighted by Crippen LogP contribution is 2.24. The zero-order valence-corrected chi connectivity index (χ0v) is 12.3. The number of hydrogen-bond donors (Lipinski definition) is 1. The van der Waals surface area contributed by atoms with Crippen LogP contribution in [0.4, 0.5) is 0 Å². The van der Waals surface area contributed by atoms with Crippen molar-refractivity contribution in [1.82, 2.24) is 25.5 Å². The first-order valence-electron chi connectivity index (χ1n) is 6.89. The van der Waals surface area contributed by atoms with Crippen LogP contribution in [0.2, 0.25) is 0 Å². The van der Waals surface area contributed by atoms with E-state index in [9.17, 15) is 4.79 Å². The van der Waals surface area contributed by atoms with Gasteiger partial charge in [-0.1, -0.05) is 31.5 Å². The number of carbonyl (C=O) groups excluding carboxylic acids is 1. The molecule has 1 N–H and O–H groups in total. The Kier molecular flexibility index (Phi) is 5.18. The second kappa shape index (κ2) is 6.88. The Hall–Kier alpha value is -1.11. The van der Waals surface area contributed by atoms with Crippen LogP contribution in [0.5, 0.6) is 0 Å². The Balaban J connectivity index is 1.78. The van der Waals surface area contributed by atoms with E-state index in [2.05, 4.69) is 27.8 Å². The van der Waals surface area contributed by atoms with Crippen LogP contribution in [-0.4, -0.2) is 37.9 Å². The van der Waals surface area contributed by atoms with Crippen LogP contribution in [0.25, 0.3) is 0 Å². The van der Waals surface area contributed by atoms with Crippen molar-refractivity contribution in [1.29, 1.82) is 0 Å². The minimum absolute atomic E-state index is 0.0782. The molecule has 1 fully saturated rings. The van der Waals surface area contributed by atoms with Gasteiger partial charge in [0.05, 0.1) is 5.75 Å². The molecule has 106 valence electrons. The van der Waals surface area contributed by atoms with Gasteiger partial charge in [-0.05, 0) is 36.1 Å². The van der Waals surface area contributed by atoms with E-state index in [1.54, 1.807) is 4.68 Å². The van der Waals surface area contributed by atoms with E-state index < -0.39 is 0 Å². The average molecular weight is 283 g/mol. The molecule has 0 aliphatic heterocycles. The first-order valence-corrected chi connectivity index (χ1v) is 7.87. The van der Waals surface area contributed by atoms with E-state index in [-0.39, 0.29) is 5.91 Å². The molecule has 1 aliphatic carbocycles. The molecular weight excluding hydrogens is 262 g/mol. The second-order valence-electron chi connectivity index (χ2n) is 5.00. The number of carbonyl (C=O) groups is 1. The fraction of sp³-hybridized carbons (Fsp3) is 0.833. The van der Waals surface area contributed by atoms with Gasteiger partial charge in [0, 0.05) is 12.6 Å². The molecule has 7 heteroatoms. The number of hydrogen-bond acceptors (Lipinski definition) is 5. The molecule has 1 amide bonds. The molecule has 0 radical (unpaired) electrons. The number of thioether (sulfide) groups is 1. The predicted molar refractivity (Wildman–Crippen MR) is 73.8 cm³/mol. The standard InChI is InChI=1S/C12H21N5OS/c1-3-17-12(14-15-16-17)19-8-11(18)13-10-7-5-4-6-9(10)2/h9-10H,3-8H2,1-2H3,(H,13,18)/t9-,10-/m1/s1. The van der Waals surface area contributed by atoms with E-state index in [1.165, 1.54) is 31.0 Å². The number of aryl methyl sites for hydroxylation is 1. The molecule has 1 aromatic heterocycles. The zero-order valence-electron chi connectivity index (χ0n) is 11.5. The van der Waals surface area contributed by atoms with Crippen LogP contribution < -0.4 is 5.32 Å². The number of nitrogens with zero attached hydrogens (tertiary/aromatic N) is 4. The van der Waals surface area contributed by atoms with Gasteiger partial charge in [0.25, 0.3) is 0 Å². The largest absolute Gasteiger partial charge is 0.352 e. The van der Waals surface area contributed by atoms with E-state index in [4.69, 9.17) is 0 Å². The summed E-state index contributed by atoms with van der Waals surface area (Å²) >= 11 is 1.39. The highest BCUT2D eigenvalue weighted by atomic mass is 32.2. The topological polar surface area (TPSA) is 72.7 Å². The van der Waals surface area contributed by atoms with Crippen LogP contribution in [0.3, 0.4) is 0 Å². The van der Waals surface area contributed by atoms with Gasteiger partial charge in [0.2, 0.25) is 11.1 Å². The van der Waals surface area contributed by atoms with Gasteiger partial charge in [-0.3, -0.25) is 4.79 Å². The summed E-state index contributed by atoms with van der Waals surface area (Å²) in [6.07, 6.45) is 4.82. The molecule has 0 unspecified atom stereocenters. The van der Waals surface area contributed by atoms with Crippen molar-refractivity contribution in [2.24, 2.45) is 5.92 Å². The molecular formula is C12H21N5OS. The van der Waals surface area contributed by atoms with Crippen LogP contribution >= 0.6 is 11.8 Å². The normalized spacial score (nSPS) is 23.3. The summed E-state index contributed by atoms with van der Waals surface area (Å²) in [5, 5.41) is 15.2. The minimum Gasteiger partial charge on any atom is -0.352 e. The Labute approximate surface area is 117 Å². The second-order valence-corrected chi connectivity index (χ2v) is 5.94. The number of amides is 1. The minimum atomic E-state index is 0.0782. The third-order valence-electron chi connectivity index (χ3n) is 3.59. The highest BCUT2D eigenvalue weighted by Gasteiger charge is 2.22. The molecule has 1 aromatic rings. The van der Waals surface area contributed by atoms with E-state index in [1.807, 2.05) is 6.92 Å². The lowest BCUT2D eigenvalue weighted by molar-refractivity contribution is -0.119. The summed E-state index contributed by atoms with van der Waals surface area (Å²) in [6.45, 7) is 4.91. The Morgan fingerprint density at radius 3 is 3.00 bits per heavy atom. The summed E-state index contributed by atoms with van der Waals surface area (Å²) in [6, 6.07) is 0.337. The molecule has 0 bridgehead atoms. The fourth-order valence-electron chi connectivity index (χ4n) is 2.41. The van der Waals surface area contributed by atoms with E-state index in [0.717, 1.165) is 13.0 Å². The zero-order chi connectivity index (χ0) is 13.7. The number of nitrogens with one attached hydrogen (secondary N) is 1. The summed E-state index contributed by atoms with van der Waals surface area (Å²) < 4.78 is 1.70. The molecule has 1 aliphatic rings. The number of aromatic nitrogens is 4. The van der Waals surface area contributed by atoms with E-state index >= 15 is 0 Å². The van der Waals surface area contributed by atoms with Crippen LogP contribution in [0.1, 0.15) is 39.5 Å². The molecule has 2 rings (SSSR count). The number of rotatable bonds is 5. The molecule has 2 atom stereocenters. The third kappa shape index (κ3) is 3.92. The van der Waals surface area contributed by atoms with Gasteiger partial charge in [-0.2, -0.15) is 0 Å². The lowest BCUT2D eigenvalue weighted by Crippen LogP contribution is -2.41. The van der Waals surface area contributed by atoms with Crippen molar-refractivity contribution in [3.63, 3.8) is 0 Å². The maximum atomic E-state index is 11.9. The molecule has 0 aromatic carbocycles. The predicted octanol–water partition coefficient (Wildman–Crippen LogP) is 1.48. The molecule has 1 heterocycles. The highest BCUT2D eigenvalue weighted by molar-refractivity contribution is 7.99. The molecule has 1 saturated carbocycles. The SMILES string of the molecule is CCn1nnnc1SCC(=O)N[C@@H]1CCCC[C@H]1C. The maximum Gasteiger partial charge on any atom is 0.230 e. The fourth-order valence-corrected chi connectivity index (χ4v) is 3.16. The van der Waals surface area contributed by atoms with Crippen molar-refractivity contribution in [3.8, 4) is 0 Å². The summed E-state index contributed by atoms with van der Waals surface area (Å²) in [5.74, 6) is 1.04. The molecule has 6 nitrogen and oxygen atoms in total. The Morgan fingerprint density at radius 1 is 1.47 bits per heavy atom. The third-order valence-corrected chi connectivity index (χ3v) is 4.55. The Morgan fingerprint density at radius 2 is 2.26 bits per heavy atom. The van der Waals surface area contributed by atoms with Crippen LogP contribution in [-0.2, 0) is 11.3 Å². The van der Waals surface area contributed by atoms with Gasteiger partial charge < -0.3 is 5.32 Å². The van der Waals surface area contributed by atoms with Crippen molar-refractivity contribution in [2.75, 3.05) is 5.75 Å². The molecule has 0 spiro atoms. The lowest BCUT2D eigenvalue weighted by atomic mass is 9.86. The quantitative estimate of drug-likeness (QED) is 0.829. The van der Waals surface area contributed by atoms with Gasteiger partial charge in [0.15, 0.2) is 0 Å². The van der Waals surface area contributed by atoms with Gasteiger partial charge in [-0.25, -0.2) is 4.68 Å². The molecule has 19 heavy (non-hydrogen) atoms. The lowest BCUT2D eigenvalue weighted by Gasteiger charge is -2.29. The van der Waals surface area contributed by atoms with Crippen molar-refractivity contribution < 1.29 is 4.79 Å². The Bertz CT molecular complexity index is 422. The summed E-state index contributed by atoms with van der Waals surface area (Å²) in [4.78, 5) is 11.9. The van der Waals surface area contributed by atoms with Crippen molar-refractivity contribution >= 4 is 17.7 Å². The smallest absolute Gasteiger partial charge is 0.230 e. The van der Waals surface area contributed by atoms with Crippen molar-refractivity contribution in [2.45, 2.75) is 57.3 Å². The van der Waals surface area contributed by atoms with Gasteiger partial charge in [-0.15, -0.1) is 5.10 Å². The van der Waals surface area contributed by atoms with E-state index in [0.29, 0.717) is 22.9 Å². The van der Waals surface area contributed by atoms with Gasteiger partial charge >= 0.3 is 0 Å². The average Bonchev–Trinajstić information content (AvgIpc) is 2.86. The van der Waals surface area contributed by atoms with Gasteiger partial charge in [0.1, 0.15) is 0 Å². The summed E-state index contributed by atoms with van der Waals surface area (Å²) in [7, 11) is 0. The van der Waals surface area contributed by atoms with Crippen LogP contribution in [0.15, 0.2) is 5.16 Å². The maximum absolute atomic E-state index is 11.9. The van der Waals surface area contributed by atoms with Crippen LogP contribution in [0, 0.1) is 5.92 Å². The first-order chi connectivity index (χ1) is 9.20. The monoisotopic (exact) mass is 283 g/mol.